The lowest BCUT2D eigenvalue weighted by atomic mass is 10.0. The van der Waals surface area contributed by atoms with Gasteiger partial charge in [-0.05, 0) is 56.9 Å². The van der Waals surface area contributed by atoms with Crippen molar-refractivity contribution in [3.05, 3.63) is 45.7 Å². The Bertz CT molecular complexity index is 737. The Hall–Kier alpha value is -1.81. The largest absolute Gasteiger partial charge is 0.376 e. The van der Waals surface area contributed by atoms with Gasteiger partial charge in [-0.1, -0.05) is 43.9 Å². The maximum Gasteiger partial charge on any atom is 0.266 e. The van der Waals surface area contributed by atoms with Crippen molar-refractivity contribution in [1.29, 1.82) is 0 Å². The second kappa shape index (κ2) is 9.04. The van der Waals surface area contributed by atoms with Crippen LogP contribution in [0.4, 0.5) is 5.69 Å². The number of halogens is 1. The molecule has 1 aromatic carbocycles. The number of nitrogens with zero attached hydrogens (tertiary/aromatic N) is 2. The molecule has 0 aliphatic heterocycles. The topological polar surface area (TPSA) is 46.9 Å². The van der Waals surface area contributed by atoms with Crippen molar-refractivity contribution in [3.8, 4) is 0 Å². The second-order valence-corrected chi connectivity index (χ2v) is 6.94. The molecule has 1 N–H and O–H groups in total. The van der Waals surface area contributed by atoms with E-state index in [1.807, 2.05) is 39.0 Å². The Labute approximate surface area is 155 Å². The van der Waals surface area contributed by atoms with E-state index in [1.54, 1.807) is 0 Å². The van der Waals surface area contributed by atoms with Crippen molar-refractivity contribution in [2.45, 2.75) is 59.8 Å². The van der Waals surface area contributed by atoms with E-state index in [4.69, 9.17) is 11.6 Å². The van der Waals surface area contributed by atoms with Gasteiger partial charge in [0.05, 0.1) is 12.2 Å². The fourth-order valence-electron chi connectivity index (χ4n) is 3.05. The van der Waals surface area contributed by atoms with Crippen molar-refractivity contribution < 1.29 is 4.79 Å². The van der Waals surface area contributed by atoms with Crippen LogP contribution < -0.4 is 5.32 Å². The number of rotatable bonds is 8. The van der Waals surface area contributed by atoms with Gasteiger partial charge in [-0.15, -0.1) is 0 Å². The molecule has 0 atom stereocenters. The van der Waals surface area contributed by atoms with Crippen molar-refractivity contribution in [1.82, 2.24) is 9.78 Å². The minimum atomic E-state index is -0.0558. The number of carbonyl (C=O) groups excluding carboxylic acids is 1. The van der Waals surface area contributed by atoms with E-state index in [-0.39, 0.29) is 12.5 Å². The second-order valence-electron chi connectivity index (χ2n) is 6.53. The summed E-state index contributed by atoms with van der Waals surface area (Å²) in [5.74, 6) is -0.0558. The van der Waals surface area contributed by atoms with E-state index in [0.29, 0.717) is 5.02 Å². The van der Waals surface area contributed by atoms with Gasteiger partial charge in [0.2, 0.25) is 0 Å². The highest BCUT2D eigenvalue weighted by Crippen LogP contribution is 2.23. The molecule has 1 heterocycles. The molecular weight excluding hydrogens is 334 g/mol. The molecule has 2 rings (SSSR count). The fourth-order valence-corrected chi connectivity index (χ4v) is 3.23. The summed E-state index contributed by atoms with van der Waals surface area (Å²) < 4.78 is 1.54. The summed E-state index contributed by atoms with van der Waals surface area (Å²) in [6.45, 7) is 8.31. The van der Waals surface area contributed by atoms with Crippen LogP contribution in [0.1, 0.15) is 59.9 Å². The van der Waals surface area contributed by atoms with E-state index in [2.05, 4.69) is 17.3 Å². The van der Waals surface area contributed by atoms with Crippen LogP contribution in [-0.4, -0.2) is 22.2 Å². The third kappa shape index (κ3) is 4.85. The molecule has 5 heteroatoms. The van der Waals surface area contributed by atoms with Gasteiger partial charge in [-0.2, -0.15) is 5.10 Å². The number of anilines is 1. The van der Waals surface area contributed by atoms with Crippen molar-refractivity contribution in [3.63, 3.8) is 0 Å². The minimum absolute atomic E-state index is 0.0558. The summed E-state index contributed by atoms with van der Waals surface area (Å²) in [6, 6.07) is 5.64. The first kappa shape index (κ1) is 19.5. The monoisotopic (exact) mass is 361 g/mol. The molecule has 0 aliphatic rings. The van der Waals surface area contributed by atoms with E-state index >= 15 is 0 Å². The highest BCUT2D eigenvalue weighted by atomic mass is 35.5. The highest BCUT2D eigenvalue weighted by Gasteiger charge is 2.16. The summed E-state index contributed by atoms with van der Waals surface area (Å²) in [5, 5.41) is 8.33. The number of benzene rings is 1. The smallest absolute Gasteiger partial charge is 0.266 e. The predicted octanol–water partition coefficient (Wildman–Crippen LogP) is 5.34. The normalized spacial score (nSPS) is 10.9. The van der Waals surface area contributed by atoms with Gasteiger partial charge in [0.1, 0.15) is 0 Å². The van der Waals surface area contributed by atoms with Gasteiger partial charge in [-0.25, -0.2) is 4.68 Å². The molecule has 0 radical (unpaired) electrons. The van der Waals surface area contributed by atoms with Crippen LogP contribution in [0.25, 0.3) is 0 Å². The number of aromatic nitrogens is 2. The lowest BCUT2D eigenvalue weighted by Crippen LogP contribution is -2.23. The van der Waals surface area contributed by atoms with Crippen LogP contribution in [-0.2, 0) is 6.42 Å². The molecule has 0 saturated heterocycles. The number of hydrogen-bond donors (Lipinski definition) is 1. The zero-order chi connectivity index (χ0) is 18.4. The van der Waals surface area contributed by atoms with Gasteiger partial charge in [0, 0.05) is 16.4 Å². The van der Waals surface area contributed by atoms with Crippen LogP contribution in [0.5, 0.6) is 0 Å². The molecule has 25 heavy (non-hydrogen) atoms. The Morgan fingerprint density at radius 3 is 2.68 bits per heavy atom. The van der Waals surface area contributed by atoms with Crippen molar-refractivity contribution in [2.24, 2.45) is 0 Å². The average molecular weight is 362 g/mol. The Kier molecular flexibility index (Phi) is 7.06. The lowest BCUT2D eigenvalue weighted by molar-refractivity contribution is 0.0910. The van der Waals surface area contributed by atoms with Crippen LogP contribution in [0, 0.1) is 20.8 Å². The number of nitrogens with one attached hydrogen (secondary N) is 1. The highest BCUT2D eigenvalue weighted by molar-refractivity contribution is 6.31. The third-order valence-electron chi connectivity index (χ3n) is 4.66. The zero-order valence-electron chi connectivity index (χ0n) is 15.7. The van der Waals surface area contributed by atoms with Crippen LogP contribution >= 0.6 is 11.6 Å². The predicted molar refractivity (Wildman–Crippen MR) is 105 cm³/mol. The molecule has 0 aliphatic carbocycles. The first-order valence-electron chi connectivity index (χ1n) is 9.03. The number of carbonyl (C=O) groups is 1. The number of unbranched alkanes of at least 4 members (excludes halogenated alkanes) is 3. The van der Waals surface area contributed by atoms with Gasteiger partial charge >= 0.3 is 0 Å². The quantitative estimate of drug-likeness (QED) is 0.646. The summed E-state index contributed by atoms with van der Waals surface area (Å²) in [5.41, 5.74) is 4.96. The molecule has 2 aromatic rings. The maximum atomic E-state index is 12.6. The van der Waals surface area contributed by atoms with Crippen molar-refractivity contribution >= 4 is 23.2 Å². The van der Waals surface area contributed by atoms with E-state index in [9.17, 15) is 4.79 Å². The molecule has 0 saturated carbocycles. The summed E-state index contributed by atoms with van der Waals surface area (Å²) >= 11 is 6.12. The molecule has 0 amide bonds. The molecule has 136 valence electrons. The molecule has 4 nitrogen and oxygen atoms in total. The molecule has 0 bridgehead atoms. The molecule has 0 spiro atoms. The standard InChI is InChI=1S/C20H28ClN3O/c1-5-6-7-8-10-17-15(3)23-24(16(17)4)20(25)13-22-19-12-9-11-18(21)14(19)2/h9,11-12,22H,5-8,10,13H2,1-4H3. The van der Waals surface area contributed by atoms with Gasteiger partial charge < -0.3 is 5.32 Å². The van der Waals surface area contributed by atoms with E-state index in [1.165, 1.54) is 29.5 Å². The van der Waals surface area contributed by atoms with E-state index in [0.717, 1.165) is 35.5 Å². The third-order valence-corrected chi connectivity index (χ3v) is 5.06. The minimum Gasteiger partial charge on any atom is -0.376 e. The molecule has 0 fully saturated rings. The van der Waals surface area contributed by atoms with Crippen LogP contribution in [0.15, 0.2) is 18.2 Å². The SMILES string of the molecule is CCCCCCc1c(C)nn(C(=O)CNc2cccc(Cl)c2C)c1C. The summed E-state index contributed by atoms with van der Waals surface area (Å²) in [7, 11) is 0. The fraction of sp³-hybridized carbons (Fsp3) is 0.500. The van der Waals surface area contributed by atoms with Crippen molar-refractivity contribution in [2.75, 3.05) is 11.9 Å². The van der Waals surface area contributed by atoms with Crippen LogP contribution in [0.2, 0.25) is 5.02 Å². The number of aryl methyl sites for hydroxylation is 1. The van der Waals surface area contributed by atoms with Crippen LogP contribution in [0.3, 0.4) is 0 Å². The zero-order valence-corrected chi connectivity index (χ0v) is 16.4. The Morgan fingerprint density at radius 1 is 1.20 bits per heavy atom. The summed E-state index contributed by atoms with van der Waals surface area (Å²) in [6.07, 6.45) is 5.85. The molecular formula is C20H28ClN3O. The maximum absolute atomic E-state index is 12.6. The van der Waals surface area contributed by atoms with Gasteiger partial charge in [-0.3, -0.25) is 4.79 Å². The number of hydrogen-bond acceptors (Lipinski definition) is 3. The lowest BCUT2D eigenvalue weighted by Gasteiger charge is -2.10. The van der Waals surface area contributed by atoms with E-state index < -0.39 is 0 Å². The first-order chi connectivity index (χ1) is 12.0. The molecule has 1 aromatic heterocycles. The molecule has 0 unspecified atom stereocenters. The van der Waals surface area contributed by atoms with Gasteiger partial charge in [0.15, 0.2) is 0 Å². The first-order valence-corrected chi connectivity index (χ1v) is 9.40. The Morgan fingerprint density at radius 2 is 1.96 bits per heavy atom. The van der Waals surface area contributed by atoms with Gasteiger partial charge in [0.25, 0.3) is 5.91 Å². The summed E-state index contributed by atoms with van der Waals surface area (Å²) in [4.78, 5) is 12.6. The average Bonchev–Trinajstić information content (AvgIpc) is 2.87. The Balaban J connectivity index is 2.03.